The fourth-order valence-electron chi connectivity index (χ4n) is 3.14. The summed E-state index contributed by atoms with van der Waals surface area (Å²) in [5, 5.41) is 1.50. The molecule has 0 aliphatic heterocycles. The Morgan fingerprint density at radius 1 is 1.37 bits per heavy atom. The highest BCUT2D eigenvalue weighted by Crippen LogP contribution is 2.32. The molecule has 1 aromatic rings. The minimum Gasteiger partial charge on any atom is -0.271 e. The van der Waals surface area contributed by atoms with E-state index in [9.17, 15) is 0 Å². The molecule has 3 N–H and O–H groups in total. The van der Waals surface area contributed by atoms with Gasteiger partial charge in [-0.1, -0.05) is 43.0 Å². The van der Waals surface area contributed by atoms with Gasteiger partial charge in [0.15, 0.2) is 0 Å². The van der Waals surface area contributed by atoms with Crippen LogP contribution < -0.4 is 11.3 Å². The highest BCUT2D eigenvalue weighted by molar-refractivity contribution is 6.33. The van der Waals surface area contributed by atoms with Crippen LogP contribution in [0.4, 0.5) is 0 Å². The van der Waals surface area contributed by atoms with Crippen molar-refractivity contribution < 1.29 is 0 Å². The molecule has 1 aliphatic carbocycles. The van der Waals surface area contributed by atoms with Crippen molar-refractivity contribution in [3.8, 4) is 0 Å². The molecule has 4 heteroatoms. The van der Waals surface area contributed by atoms with Gasteiger partial charge in [-0.25, -0.2) is 0 Å². The maximum absolute atomic E-state index is 6.24. The molecule has 3 atom stereocenters. The molecule has 1 fully saturated rings. The van der Waals surface area contributed by atoms with Crippen molar-refractivity contribution in [3.05, 3.63) is 33.8 Å². The first-order valence-corrected chi connectivity index (χ1v) is 7.75. The second-order valence-corrected chi connectivity index (χ2v) is 6.59. The molecule has 1 aromatic carbocycles. The summed E-state index contributed by atoms with van der Waals surface area (Å²) in [5.74, 6) is 7.18. The second kappa shape index (κ2) is 6.94. The van der Waals surface area contributed by atoms with E-state index in [2.05, 4.69) is 12.3 Å². The molecule has 0 bridgehead atoms. The first-order chi connectivity index (χ1) is 9.10. The van der Waals surface area contributed by atoms with E-state index >= 15 is 0 Å². The van der Waals surface area contributed by atoms with E-state index in [0.717, 1.165) is 27.9 Å². The summed E-state index contributed by atoms with van der Waals surface area (Å²) in [4.78, 5) is 0. The van der Waals surface area contributed by atoms with Crippen molar-refractivity contribution in [1.82, 2.24) is 5.43 Å². The lowest BCUT2D eigenvalue weighted by molar-refractivity contribution is 0.222. The quantitative estimate of drug-likeness (QED) is 0.646. The Morgan fingerprint density at radius 3 is 2.84 bits per heavy atom. The van der Waals surface area contributed by atoms with Crippen molar-refractivity contribution in [1.29, 1.82) is 0 Å². The van der Waals surface area contributed by atoms with E-state index in [0.29, 0.717) is 5.92 Å². The standard InChI is InChI=1S/C15H22Cl2N2/c1-10-3-2-4-11(7-10)15(19-18)9-12-8-13(16)5-6-14(12)17/h5-6,8,10-11,15,19H,2-4,7,9,18H2,1H3. The Kier molecular flexibility index (Phi) is 5.52. The first kappa shape index (κ1) is 15.1. The summed E-state index contributed by atoms with van der Waals surface area (Å²) in [6.45, 7) is 2.33. The fourth-order valence-corrected chi connectivity index (χ4v) is 3.53. The minimum absolute atomic E-state index is 0.277. The van der Waals surface area contributed by atoms with Crippen LogP contribution in [-0.4, -0.2) is 6.04 Å². The molecule has 0 radical (unpaired) electrons. The SMILES string of the molecule is CC1CCCC(C(Cc2cc(Cl)ccc2Cl)NN)C1. The molecule has 19 heavy (non-hydrogen) atoms. The van der Waals surface area contributed by atoms with Gasteiger partial charge in [0.1, 0.15) is 0 Å². The van der Waals surface area contributed by atoms with Crippen LogP contribution in [0.15, 0.2) is 18.2 Å². The van der Waals surface area contributed by atoms with E-state index in [1.54, 1.807) is 0 Å². The van der Waals surface area contributed by atoms with Gasteiger partial charge in [-0.2, -0.15) is 0 Å². The molecule has 3 unspecified atom stereocenters. The van der Waals surface area contributed by atoms with Crippen LogP contribution in [0.2, 0.25) is 10.0 Å². The largest absolute Gasteiger partial charge is 0.271 e. The number of hydrazine groups is 1. The van der Waals surface area contributed by atoms with Crippen molar-refractivity contribution in [2.24, 2.45) is 17.7 Å². The lowest BCUT2D eigenvalue weighted by atomic mass is 9.77. The van der Waals surface area contributed by atoms with E-state index < -0.39 is 0 Å². The Labute approximate surface area is 125 Å². The van der Waals surface area contributed by atoms with E-state index in [4.69, 9.17) is 29.0 Å². The number of hydrogen-bond donors (Lipinski definition) is 2. The Balaban J connectivity index is 2.07. The number of nitrogens with one attached hydrogen (secondary N) is 1. The van der Waals surface area contributed by atoms with Gasteiger partial charge in [-0.05, 0) is 54.9 Å². The third-order valence-corrected chi connectivity index (χ3v) is 4.81. The third kappa shape index (κ3) is 4.09. The average molecular weight is 301 g/mol. The van der Waals surface area contributed by atoms with E-state index in [1.165, 1.54) is 25.7 Å². The maximum atomic E-state index is 6.24. The zero-order valence-electron chi connectivity index (χ0n) is 11.3. The normalized spacial score (nSPS) is 25.3. The maximum Gasteiger partial charge on any atom is 0.0439 e. The molecular weight excluding hydrogens is 279 g/mol. The fraction of sp³-hybridized carbons (Fsp3) is 0.600. The molecule has 0 aromatic heterocycles. The molecule has 2 nitrogen and oxygen atoms in total. The lowest BCUT2D eigenvalue weighted by Crippen LogP contribution is -2.44. The number of benzene rings is 1. The molecule has 0 spiro atoms. The van der Waals surface area contributed by atoms with Crippen LogP contribution in [0.3, 0.4) is 0 Å². The highest BCUT2D eigenvalue weighted by atomic mass is 35.5. The van der Waals surface area contributed by atoms with Crippen LogP contribution in [0.1, 0.15) is 38.2 Å². The van der Waals surface area contributed by atoms with Crippen molar-refractivity contribution in [3.63, 3.8) is 0 Å². The summed E-state index contributed by atoms with van der Waals surface area (Å²) in [7, 11) is 0. The molecule has 0 saturated heterocycles. The van der Waals surface area contributed by atoms with Gasteiger partial charge < -0.3 is 0 Å². The number of nitrogens with two attached hydrogens (primary N) is 1. The third-order valence-electron chi connectivity index (χ3n) is 4.21. The van der Waals surface area contributed by atoms with E-state index in [-0.39, 0.29) is 6.04 Å². The van der Waals surface area contributed by atoms with Crippen LogP contribution in [0.5, 0.6) is 0 Å². The van der Waals surface area contributed by atoms with Gasteiger partial charge in [0.2, 0.25) is 0 Å². The molecule has 0 heterocycles. The summed E-state index contributed by atoms with van der Waals surface area (Å²) in [6.07, 6.45) is 5.97. The van der Waals surface area contributed by atoms with Crippen LogP contribution >= 0.6 is 23.2 Å². The first-order valence-electron chi connectivity index (χ1n) is 7.00. The van der Waals surface area contributed by atoms with Crippen LogP contribution in [0, 0.1) is 11.8 Å². The van der Waals surface area contributed by atoms with Crippen LogP contribution in [-0.2, 0) is 6.42 Å². The van der Waals surface area contributed by atoms with Gasteiger partial charge in [0.25, 0.3) is 0 Å². The molecule has 106 valence electrons. The van der Waals surface area contributed by atoms with Gasteiger partial charge in [0, 0.05) is 16.1 Å². The van der Waals surface area contributed by atoms with Crippen LogP contribution in [0.25, 0.3) is 0 Å². The highest BCUT2D eigenvalue weighted by Gasteiger charge is 2.26. The Hall–Kier alpha value is -0.280. The molecule has 2 rings (SSSR count). The number of hydrogen-bond acceptors (Lipinski definition) is 2. The van der Waals surface area contributed by atoms with Crippen molar-refractivity contribution >= 4 is 23.2 Å². The van der Waals surface area contributed by atoms with Gasteiger partial charge in [-0.15, -0.1) is 0 Å². The average Bonchev–Trinajstić information content (AvgIpc) is 2.39. The summed E-state index contributed by atoms with van der Waals surface area (Å²) in [6, 6.07) is 5.90. The molecule has 0 amide bonds. The predicted octanol–water partition coefficient (Wildman–Crippen LogP) is 4.19. The molecule has 1 saturated carbocycles. The number of halogens is 2. The monoisotopic (exact) mass is 300 g/mol. The topological polar surface area (TPSA) is 38.0 Å². The van der Waals surface area contributed by atoms with Gasteiger partial charge in [-0.3, -0.25) is 11.3 Å². The molecular formula is C15H22Cl2N2. The lowest BCUT2D eigenvalue weighted by Gasteiger charge is -2.33. The van der Waals surface area contributed by atoms with Gasteiger partial charge >= 0.3 is 0 Å². The zero-order valence-corrected chi connectivity index (χ0v) is 12.8. The zero-order chi connectivity index (χ0) is 13.8. The number of rotatable bonds is 4. The minimum atomic E-state index is 0.277. The van der Waals surface area contributed by atoms with E-state index in [1.807, 2.05) is 18.2 Å². The van der Waals surface area contributed by atoms with Gasteiger partial charge in [0.05, 0.1) is 0 Å². The smallest absolute Gasteiger partial charge is 0.0439 e. The van der Waals surface area contributed by atoms with Crippen molar-refractivity contribution in [2.75, 3.05) is 0 Å². The summed E-state index contributed by atoms with van der Waals surface area (Å²) >= 11 is 12.3. The Morgan fingerprint density at radius 2 is 2.16 bits per heavy atom. The Bertz CT molecular complexity index is 423. The predicted molar refractivity (Wildman–Crippen MR) is 82.4 cm³/mol. The van der Waals surface area contributed by atoms with Crippen molar-refractivity contribution in [2.45, 2.75) is 45.1 Å². The summed E-state index contributed by atoms with van der Waals surface area (Å²) in [5.41, 5.74) is 4.06. The summed E-state index contributed by atoms with van der Waals surface area (Å²) < 4.78 is 0. The molecule has 1 aliphatic rings. The second-order valence-electron chi connectivity index (χ2n) is 5.74.